The number of benzene rings is 2. The van der Waals surface area contributed by atoms with Gasteiger partial charge in [-0.05, 0) is 36.4 Å². The Labute approximate surface area is 146 Å². The van der Waals surface area contributed by atoms with Crippen LogP contribution in [-0.4, -0.2) is 27.5 Å². The molecule has 0 unspecified atom stereocenters. The first kappa shape index (κ1) is 18.9. The van der Waals surface area contributed by atoms with E-state index >= 15 is 0 Å². The highest BCUT2D eigenvalue weighted by molar-refractivity contribution is 6.30. The maximum atomic E-state index is 5.83. The van der Waals surface area contributed by atoms with Gasteiger partial charge < -0.3 is 14.2 Å². The molecule has 1 N–H and O–H groups in total. The van der Waals surface area contributed by atoms with Gasteiger partial charge in [-0.25, -0.2) is 0 Å². The van der Waals surface area contributed by atoms with Gasteiger partial charge in [-0.2, -0.15) is 5.10 Å². The van der Waals surface area contributed by atoms with Crippen LogP contribution in [0.15, 0.2) is 41.5 Å². The number of nitrogens with zero attached hydrogens (tertiary/aromatic N) is 1. The molecule has 124 valence electrons. The van der Waals surface area contributed by atoms with Gasteiger partial charge in [0, 0.05) is 10.6 Å². The van der Waals surface area contributed by atoms with E-state index in [1.54, 1.807) is 39.7 Å². The molecule has 2 rings (SSSR count). The molecule has 23 heavy (non-hydrogen) atoms. The van der Waals surface area contributed by atoms with E-state index in [4.69, 9.17) is 25.8 Å². The van der Waals surface area contributed by atoms with Crippen molar-refractivity contribution in [2.45, 2.75) is 0 Å². The monoisotopic (exact) mass is 356 g/mol. The molecule has 7 heteroatoms. The van der Waals surface area contributed by atoms with Crippen LogP contribution in [-0.2, 0) is 0 Å². The Kier molecular flexibility index (Phi) is 7.51. The van der Waals surface area contributed by atoms with Gasteiger partial charge in [-0.3, -0.25) is 5.43 Å². The minimum Gasteiger partial charge on any atom is -0.493 e. The van der Waals surface area contributed by atoms with Crippen molar-refractivity contribution in [1.82, 2.24) is 0 Å². The average Bonchev–Trinajstić information content (AvgIpc) is 2.55. The number of halogens is 2. The summed E-state index contributed by atoms with van der Waals surface area (Å²) in [5.41, 5.74) is 4.58. The van der Waals surface area contributed by atoms with Crippen LogP contribution in [0.5, 0.6) is 17.2 Å². The summed E-state index contributed by atoms with van der Waals surface area (Å²) in [6.07, 6.45) is 1.67. The zero-order chi connectivity index (χ0) is 15.9. The summed E-state index contributed by atoms with van der Waals surface area (Å²) in [5.74, 6) is 1.71. The highest BCUT2D eigenvalue weighted by atomic mass is 35.5. The molecule has 0 fully saturated rings. The molecule has 0 radical (unpaired) electrons. The van der Waals surface area contributed by atoms with Crippen LogP contribution in [0.4, 0.5) is 5.69 Å². The topological polar surface area (TPSA) is 52.1 Å². The van der Waals surface area contributed by atoms with E-state index in [9.17, 15) is 0 Å². The third kappa shape index (κ3) is 4.94. The Morgan fingerprint density at radius 2 is 1.52 bits per heavy atom. The number of hydrogen-bond donors (Lipinski definition) is 1. The zero-order valence-electron chi connectivity index (χ0n) is 13.0. The highest BCUT2D eigenvalue weighted by Gasteiger charge is 2.12. The number of hydrazone groups is 1. The van der Waals surface area contributed by atoms with Crippen LogP contribution in [0.1, 0.15) is 5.56 Å². The standard InChI is InChI=1S/C16H17ClN2O3.ClH/c1-20-14-8-11(9-15(21-2)16(14)22-3)10-18-19-13-6-4-12(17)5-7-13;/h4-10,19H,1-3H3;1H/b18-10+;. The molecule has 0 heterocycles. The smallest absolute Gasteiger partial charge is 0.203 e. The van der Waals surface area contributed by atoms with E-state index < -0.39 is 0 Å². The van der Waals surface area contributed by atoms with Crippen molar-refractivity contribution in [3.05, 3.63) is 47.0 Å². The Bertz CT molecular complexity index is 636. The van der Waals surface area contributed by atoms with Gasteiger partial charge in [0.15, 0.2) is 11.5 Å². The number of ether oxygens (including phenoxy) is 3. The summed E-state index contributed by atoms with van der Waals surface area (Å²) >= 11 is 5.83. The Morgan fingerprint density at radius 3 is 2.00 bits per heavy atom. The normalized spacial score (nSPS) is 10.1. The van der Waals surface area contributed by atoms with Gasteiger partial charge in [-0.1, -0.05) is 11.6 Å². The highest BCUT2D eigenvalue weighted by Crippen LogP contribution is 2.37. The third-order valence-electron chi connectivity index (χ3n) is 2.94. The van der Waals surface area contributed by atoms with Crippen LogP contribution in [0, 0.1) is 0 Å². The molecule has 0 aromatic heterocycles. The quantitative estimate of drug-likeness (QED) is 0.621. The lowest BCUT2D eigenvalue weighted by atomic mass is 10.2. The number of nitrogens with one attached hydrogen (secondary N) is 1. The lowest BCUT2D eigenvalue weighted by molar-refractivity contribution is 0.324. The fourth-order valence-electron chi connectivity index (χ4n) is 1.88. The predicted molar refractivity (Wildman–Crippen MR) is 96.0 cm³/mol. The molecular weight excluding hydrogens is 339 g/mol. The number of hydrogen-bond acceptors (Lipinski definition) is 5. The van der Waals surface area contributed by atoms with Gasteiger partial charge in [0.05, 0.1) is 33.2 Å². The van der Waals surface area contributed by atoms with Gasteiger partial charge in [0.25, 0.3) is 0 Å². The predicted octanol–water partition coefficient (Wildman–Crippen LogP) is 4.23. The van der Waals surface area contributed by atoms with Gasteiger partial charge in [0.1, 0.15) is 0 Å². The van der Waals surface area contributed by atoms with Gasteiger partial charge in [0.2, 0.25) is 5.75 Å². The average molecular weight is 357 g/mol. The van der Waals surface area contributed by atoms with Crippen molar-refractivity contribution in [3.8, 4) is 17.2 Å². The first-order chi connectivity index (χ1) is 10.7. The Hall–Kier alpha value is -2.11. The maximum absolute atomic E-state index is 5.83. The van der Waals surface area contributed by atoms with Crippen LogP contribution in [0.3, 0.4) is 0 Å². The molecule has 0 aliphatic carbocycles. The molecule has 2 aromatic carbocycles. The number of methoxy groups -OCH3 is 3. The van der Waals surface area contributed by atoms with Crippen LogP contribution in [0.25, 0.3) is 0 Å². The Balaban J connectivity index is 0.00000264. The summed E-state index contributed by atoms with van der Waals surface area (Å²) < 4.78 is 15.9. The third-order valence-corrected chi connectivity index (χ3v) is 3.19. The van der Waals surface area contributed by atoms with Crippen molar-refractivity contribution in [3.63, 3.8) is 0 Å². The largest absolute Gasteiger partial charge is 0.493 e. The summed E-state index contributed by atoms with van der Waals surface area (Å²) in [5, 5.41) is 4.86. The first-order valence-electron chi connectivity index (χ1n) is 6.52. The number of rotatable bonds is 6. The van der Waals surface area contributed by atoms with Crippen LogP contribution in [0.2, 0.25) is 5.02 Å². The van der Waals surface area contributed by atoms with E-state index in [-0.39, 0.29) is 12.4 Å². The first-order valence-corrected chi connectivity index (χ1v) is 6.90. The second-order valence-corrected chi connectivity index (χ2v) is 4.77. The Morgan fingerprint density at radius 1 is 0.957 bits per heavy atom. The van der Waals surface area contributed by atoms with E-state index in [1.807, 2.05) is 24.3 Å². The second kappa shape index (κ2) is 9.12. The minimum absolute atomic E-state index is 0. The molecule has 2 aromatic rings. The minimum atomic E-state index is 0. The van der Waals surface area contributed by atoms with E-state index in [1.165, 1.54) is 0 Å². The van der Waals surface area contributed by atoms with E-state index in [0.29, 0.717) is 22.3 Å². The molecule has 0 aliphatic rings. The number of anilines is 1. The molecule has 5 nitrogen and oxygen atoms in total. The summed E-state index contributed by atoms with van der Waals surface area (Å²) in [6.45, 7) is 0. The van der Waals surface area contributed by atoms with Crippen LogP contribution >= 0.6 is 24.0 Å². The molecule has 0 saturated heterocycles. The van der Waals surface area contributed by atoms with Crippen molar-refractivity contribution in [1.29, 1.82) is 0 Å². The lowest BCUT2D eigenvalue weighted by Crippen LogP contribution is -1.97. The van der Waals surface area contributed by atoms with Gasteiger partial charge in [-0.15, -0.1) is 12.4 Å². The summed E-state index contributed by atoms with van der Waals surface area (Å²) in [7, 11) is 4.71. The van der Waals surface area contributed by atoms with E-state index in [2.05, 4.69) is 10.5 Å². The SMILES string of the molecule is COc1cc(/C=N/Nc2ccc(Cl)cc2)cc(OC)c1OC.Cl. The molecule has 0 amide bonds. The van der Waals surface area contributed by atoms with Crippen LogP contribution < -0.4 is 19.6 Å². The van der Waals surface area contributed by atoms with E-state index in [0.717, 1.165) is 11.3 Å². The fourth-order valence-corrected chi connectivity index (χ4v) is 2.01. The summed E-state index contributed by atoms with van der Waals surface area (Å²) in [6, 6.07) is 10.9. The summed E-state index contributed by atoms with van der Waals surface area (Å²) in [4.78, 5) is 0. The molecule has 0 spiro atoms. The molecule has 0 saturated carbocycles. The zero-order valence-corrected chi connectivity index (χ0v) is 14.6. The second-order valence-electron chi connectivity index (χ2n) is 4.34. The van der Waals surface area contributed by atoms with Gasteiger partial charge >= 0.3 is 0 Å². The molecule has 0 aliphatic heterocycles. The van der Waals surface area contributed by atoms with Crippen molar-refractivity contribution in [2.24, 2.45) is 5.10 Å². The molecule has 0 atom stereocenters. The fraction of sp³-hybridized carbons (Fsp3) is 0.188. The van der Waals surface area contributed by atoms with Crippen molar-refractivity contribution in [2.75, 3.05) is 26.8 Å². The van der Waals surface area contributed by atoms with Crippen molar-refractivity contribution >= 4 is 35.9 Å². The maximum Gasteiger partial charge on any atom is 0.203 e. The van der Waals surface area contributed by atoms with Crippen molar-refractivity contribution < 1.29 is 14.2 Å². The lowest BCUT2D eigenvalue weighted by Gasteiger charge is -2.12. The molecular formula is C16H18Cl2N2O3. The molecule has 0 bridgehead atoms.